The number of benzene rings is 2. The molecule has 0 spiro atoms. The van der Waals surface area contributed by atoms with Crippen molar-refractivity contribution in [3.05, 3.63) is 71.3 Å². The van der Waals surface area contributed by atoms with Crippen molar-refractivity contribution in [3.8, 4) is 0 Å². The molecule has 0 aromatic heterocycles. The number of aryl methyl sites for hydroxylation is 1. The second kappa shape index (κ2) is 11.5. The molecule has 1 atom stereocenters. The molecule has 0 radical (unpaired) electrons. The Kier molecular flexibility index (Phi) is 10.5. The van der Waals surface area contributed by atoms with Crippen molar-refractivity contribution in [2.45, 2.75) is 25.4 Å². The summed E-state index contributed by atoms with van der Waals surface area (Å²) in [6.07, 6.45) is 1.39. The van der Waals surface area contributed by atoms with E-state index in [1.54, 1.807) is 12.1 Å². The summed E-state index contributed by atoms with van der Waals surface area (Å²) in [5.41, 5.74) is 14.1. The van der Waals surface area contributed by atoms with Gasteiger partial charge in [-0.25, -0.2) is 0 Å². The summed E-state index contributed by atoms with van der Waals surface area (Å²) in [4.78, 5) is 12.0. The number of nitrogen functional groups attached to an aromatic ring is 1. The lowest BCUT2D eigenvalue weighted by molar-refractivity contribution is -0.122. The van der Waals surface area contributed by atoms with Gasteiger partial charge in [0.1, 0.15) is 5.84 Å². The molecule has 2 rings (SSSR count). The highest BCUT2D eigenvalue weighted by Gasteiger charge is 2.12. The second-order valence-electron chi connectivity index (χ2n) is 5.46. The maximum absolute atomic E-state index is 12.0. The van der Waals surface area contributed by atoms with Gasteiger partial charge in [0.25, 0.3) is 0 Å². The van der Waals surface area contributed by atoms with Gasteiger partial charge in [-0.05, 0) is 24.0 Å². The van der Waals surface area contributed by atoms with Crippen LogP contribution in [0.2, 0.25) is 0 Å². The van der Waals surface area contributed by atoms with Crippen LogP contribution in [-0.2, 0) is 17.8 Å². The molecule has 0 aliphatic carbocycles. The van der Waals surface area contributed by atoms with Gasteiger partial charge >= 0.3 is 0 Å². The normalized spacial score (nSPS) is 10.8. The number of amides is 1. The Morgan fingerprint density at radius 2 is 1.60 bits per heavy atom. The number of nitrogens with one attached hydrogen (secondary N) is 2. The topological polar surface area (TPSA) is 105 Å². The van der Waals surface area contributed by atoms with E-state index < -0.39 is 6.04 Å². The number of halogens is 2. The number of rotatable bonds is 7. The van der Waals surface area contributed by atoms with E-state index in [-0.39, 0.29) is 36.6 Å². The Morgan fingerprint density at radius 3 is 2.16 bits per heavy atom. The molecule has 0 heterocycles. The summed E-state index contributed by atoms with van der Waals surface area (Å²) < 4.78 is 0. The average molecular weight is 383 g/mol. The van der Waals surface area contributed by atoms with Gasteiger partial charge in [0.05, 0.1) is 6.04 Å². The fourth-order valence-corrected chi connectivity index (χ4v) is 2.22. The summed E-state index contributed by atoms with van der Waals surface area (Å²) in [5, 5.41) is 10.2. The van der Waals surface area contributed by atoms with Crippen LogP contribution in [0.3, 0.4) is 0 Å². The lowest BCUT2D eigenvalue weighted by Crippen LogP contribution is -2.40. The van der Waals surface area contributed by atoms with Gasteiger partial charge in [0.15, 0.2) is 0 Å². The lowest BCUT2D eigenvalue weighted by Gasteiger charge is -2.12. The number of nitrogens with two attached hydrogens (primary N) is 2. The van der Waals surface area contributed by atoms with Crippen molar-refractivity contribution in [3.63, 3.8) is 0 Å². The molecule has 0 aliphatic heterocycles. The Hall–Kier alpha value is -2.08. The number of hydrogen-bond donors (Lipinski definition) is 4. The molecular formula is C18H24Cl2N4O. The fraction of sp³-hybridized carbons (Fsp3) is 0.222. The third kappa shape index (κ3) is 7.56. The third-order valence-corrected chi connectivity index (χ3v) is 3.66. The smallest absolute Gasteiger partial charge is 0.237 e. The molecule has 7 heteroatoms. The van der Waals surface area contributed by atoms with Gasteiger partial charge in [-0.1, -0.05) is 54.6 Å². The first kappa shape index (κ1) is 22.9. The zero-order chi connectivity index (χ0) is 16.7. The van der Waals surface area contributed by atoms with E-state index in [0.717, 1.165) is 12.0 Å². The molecule has 0 saturated heterocycles. The monoisotopic (exact) mass is 382 g/mol. The van der Waals surface area contributed by atoms with E-state index in [0.29, 0.717) is 18.5 Å². The number of hydrogen-bond acceptors (Lipinski definition) is 3. The van der Waals surface area contributed by atoms with E-state index in [1.165, 1.54) is 5.56 Å². The molecule has 5 nitrogen and oxygen atoms in total. The SMILES string of the molecule is Cl.Cl.N=C(N)c1ccc(CNC(=O)[C@H](N)CCc2ccccc2)cc1. The summed E-state index contributed by atoms with van der Waals surface area (Å²) in [5.74, 6) is -0.125. The largest absolute Gasteiger partial charge is 0.384 e. The fourth-order valence-electron chi connectivity index (χ4n) is 2.22. The van der Waals surface area contributed by atoms with Gasteiger partial charge in [0, 0.05) is 12.1 Å². The van der Waals surface area contributed by atoms with E-state index in [4.69, 9.17) is 16.9 Å². The minimum atomic E-state index is -0.522. The molecule has 0 unspecified atom stereocenters. The van der Waals surface area contributed by atoms with Crippen LogP contribution in [0.15, 0.2) is 54.6 Å². The number of amidine groups is 1. The Bertz CT molecular complexity index is 663. The zero-order valence-corrected chi connectivity index (χ0v) is 15.4. The van der Waals surface area contributed by atoms with E-state index in [2.05, 4.69) is 5.32 Å². The summed E-state index contributed by atoms with van der Waals surface area (Å²) in [6.45, 7) is 0.413. The molecular weight excluding hydrogens is 359 g/mol. The quantitative estimate of drug-likeness (QED) is 0.436. The van der Waals surface area contributed by atoms with Crippen LogP contribution in [0.4, 0.5) is 0 Å². The zero-order valence-electron chi connectivity index (χ0n) is 13.8. The predicted molar refractivity (Wildman–Crippen MR) is 107 cm³/mol. The van der Waals surface area contributed by atoms with Crippen LogP contribution < -0.4 is 16.8 Å². The molecule has 0 bridgehead atoms. The average Bonchev–Trinajstić information content (AvgIpc) is 2.58. The summed E-state index contributed by atoms with van der Waals surface area (Å²) in [7, 11) is 0. The van der Waals surface area contributed by atoms with Gasteiger partial charge in [0.2, 0.25) is 5.91 Å². The maximum atomic E-state index is 12.0. The highest BCUT2D eigenvalue weighted by Crippen LogP contribution is 2.06. The summed E-state index contributed by atoms with van der Waals surface area (Å²) >= 11 is 0. The highest BCUT2D eigenvalue weighted by molar-refractivity contribution is 5.94. The van der Waals surface area contributed by atoms with Crippen molar-refractivity contribution >= 4 is 36.6 Å². The molecule has 0 aliphatic rings. The van der Waals surface area contributed by atoms with Gasteiger partial charge in [-0.15, -0.1) is 24.8 Å². The number of carbonyl (C=O) groups excluding carboxylic acids is 1. The second-order valence-corrected chi connectivity index (χ2v) is 5.46. The first-order valence-electron chi connectivity index (χ1n) is 7.57. The highest BCUT2D eigenvalue weighted by atomic mass is 35.5. The first-order valence-corrected chi connectivity index (χ1v) is 7.57. The van der Waals surface area contributed by atoms with Crippen molar-refractivity contribution in [1.29, 1.82) is 5.41 Å². The van der Waals surface area contributed by atoms with Crippen molar-refractivity contribution in [2.24, 2.45) is 11.5 Å². The van der Waals surface area contributed by atoms with Crippen LogP contribution in [0, 0.1) is 5.41 Å². The summed E-state index contributed by atoms with van der Waals surface area (Å²) in [6, 6.07) is 16.7. The molecule has 2 aromatic rings. The predicted octanol–water partition coefficient (Wildman–Crippen LogP) is 2.39. The molecule has 25 heavy (non-hydrogen) atoms. The Labute approximate surface area is 160 Å². The number of carbonyl (C=O) groups is 1. The Morgan fingerprint density at radius 1 is 1.00 bits per heavy atom. The first-order chi connectivity index (χ1) is 11.1. The van der Waals surface area contributed by atoms with Gasteiger partial charge in [-0.2, -0.15) is 0 Å². The van der Waals surface area contributed by atoms with Crippen LogP contribution >= 0.6 is 24.8 Å². The van der Waals surface area contributed by atoms with Crippen LogP contribution in [-0.4, -0.2) is 17.8 Å². The van der Waals surface area contributed by atoms with Crippen LogP contribution in [0.1, 0.15) is 23.1 Å². The molecule has 0 saturated carbocycles. The lowest BCUT2D eigenvalue weighted by atomic mass is 10.1. The molecule has 1 amide bonds. The minimum Gasteiger partial charge on any atom is -0.384 e. The van der Waals surface area contributed by atoms with E-state index in [1.807, 2.05) is 42.5 Å². The molecule has 2 aromatic carbocycles. The standard InChI is InChI=1S/C18H22N4O.2ClH/c19-16(11-8-13-4-2-1-3-5-13)18(23)22-12-14-6-9-15(10-7-14)17(20)21;;/h1-7,9-10,16H,8,11-12,19H2,(H3,20,21)(H,22,23);2*1H/t16-;;/m1../s1. The van der Waals surface area contributed by atoms with Crippen molar-refractivity contribution in [2.75, 3.05) is 0 Å². The van der Waals surface area contributed by atoms with Crippen LogP contribution in [0.25, 0.3) is 0 Å². The maximum Gasteiger partial charge on any atom is 0.237 e. The minimum absolute atomic E-state index is 0. The van der Waals surface area contributed by atoms with Gasteiger partial charge < -0.3 is 16.8 Å². The molecule has 0 fully saturated rings. The van der Waals surface area contributed by atoms with Crippen molar-refractivity contribution < 1.29 is 4.79 Å². The van der Waals surface area contributed by atoms with Crippen LogP contribution in [0.5, 0.6) is 0 Å². The molecule has 136 valence electrons. The van der Waals surface area contributed by atoms with E-state index in [9.17, 15) is 4.79 Å². The van der Waals surface area contributed by atoms with Crippen molar-refractivity contribution in [1.82, 2.24) is 5.32 Å². The molecule has 6 N–H and O–H groups in total. The Balaban J connectivity index is 0.00000288. The van der Waals surface area contributed by atoms with Gasteiger partial charge in [-0.3, -0.25) is 10.2 Å². The third-order valence-electron chi connectivity index (χ3n) is 3.66. The van der Waals surface area contributed by atoms with E-state index >= 15 is 0 Å².